The Bertz CT molecular complexity index is 1320. The molecule has 0 saturated carbocycles. The molecular formula is C29H34FN3O4S. The number of sulfonamides is 1. The largest absolute Gasteiger partial charge is 0.352 e. The highest BCUT2D eigenvalue weighted by Gasteiger charge is 2.34. The predicted octanol–water partition coefficient (Wildman–Crippen LogP) is 4.74. The van der Waals surface area contributed by atoms with Crippen LogP contribution in [-0.4, -0.2) is 43.8 Å². The van der Waals surface area contributed by atoms with Gasteiger partial charge in [-0.2, -0.15) is 0 Å². The standard InChI is InChI=1S/C29H34FN3O4S/c1-4-22(3)31-29(35)26(5-2)32(20-23-14-8-6-9-15-23)28(34)21-33(27-19-13-12-18-25(27)30)38(36,37)24-16-10-7-11-17-24/h6-19,22,26H,4-5,20-21H2,1-3H3,(H,31,35)/t22-,26+/m1/s1. The zero-order valence-electron chi connectivity index (χ0n) is 21.9. The second-order valence-electron chi connectivity index (χ2n) is 9.03. The van der Waals surface area contributed by atoms with Crippen LogP contribution in [0.5, 0.6) is 0 Å². The molecule has 0 spiro atoms. The molecule has 0 bridgehead atoms. The summed E-state index contributed by atoms with van der Waals surface area (Å²) in [6.45, 7) is 5.02. The Balaban J connectivity index is 2.04. The van der Waals surface area contributed by atoms with Crippen LogP contribution >= 0.6 is 0 Å². The van der Waals surface area contributed by atoms with E-state index in [-0.39, 0.29) is 29.1 Å². The number of anilines is 1. The van der Waals surface area contributed by atoms with Gasteiger partial charge in [-0.1, -0.05) is 74.5 Å². The molecule has 202 valence electrons. The lowest BCUT2D eigenvalue weighted by molar-refractivity contribution is -0.140. The number of nitrogens with zero attached hydrogens (tertiary/aromatic N) is 2. The molecule has 0 saturated heterocycles. The van der Waals surface area contributed by atoms with E-state index in [1.165, 1.54) is 35.2 Å². The lowest BCUT2D eigenvalue weighted by atomic mass is 10.1. The minimum Gasteiger partial charge on any atom is -0.352 e. The highest BCUT2D eigenvalue weighted by molar-refractivity contribution is 7.92. The van der Waals surface area contributed by atoms with Gasteiger partial charge in [0.25, 0.3) is 10.0 Å². The topological polar surface area (TPSA) is 86.8 Å². The van der Waals surface area contributed by atoms with Crippen LogP contribution < -0.4 is 9.62 Å². The number of hydrogen-bond donors (Lipinski definition) is 1. The molecule has 38 heavy (non-hydrogen) atoms. The highest BCUT2D eigenvalue weighted by Crippen LogP contribution is 2.27. The lowest BCUT2D eigenvalue weighted by Gasteiger charge is -2.33. The molecule has 0 radical (unpaired) electrons. The first-order valence-electron chi connectivity index (χ1n) is 12.6. The van der Waals surface area contributed by atoms with Crippen LogP contribution in [0, 0.1) is 5.82 Å². The van der Waals surface area contributed by atoms with Gasteiger partial charge >= 0.3 is 0 Å². The van der Waals surface area contributed by atoms with Gasteiger partial charge in [-0.25, -0.2) is 12.8 Å². The molecule has 7 nitrogen and oxygen atoms in total. The van der Waals surface area contributed by atoms with Crippen molar-refractivity contribution < 1.29 is 22.4 Å². The average Bonchev–Trinajstić information content (AvgIpc) is 2.92. The van der Waals surface area contributed by atoms with Gasteiger partial charge in [0, 0.05) is 12.6 Å². The molecule has 2 atom stereocenters. The summed E-state index contributed by atoms with van der Waals surface area (Å²) in [5.41, 5.74) is 0.528. The predicted molar refractivity (Wildman–Crippen MR) is 146 cm³/mol. The van der Waals surface area contributed by atoms with Gasteiger partial charge in [0.2, 0.25) is 11.8 Å². The van der Waals surface area contributed by atoms with Crippen LogP contribution in [0.25, 0.3) is 0 Å². The van der Waals surface area contributed by atoms with Crippen LogP contribution in [0.4, 0.5) is 10.1 Å². The van der Waals surface area contributed by atoms with Crippen LogP contribution in [0.1, 0.15) is 39.2 Å². The van der Waals surface area contributed by atoms with Gasteiger partial charge in [0.1, 0.15) is 18.4 Å². The molecule has 3 rings (SSSR count). The third-order valence-corrected chi connectivity index (χ3v) is 8.09. The summed E-state index contributed by atoms with van der Waals surface area (Å²) in [5.74, 6) is -1.73. The van der Waals surface area contributed by atoms with E-state index in [1.54, 1.807) is 25.1 Å². The van der Waals surface area contributed by atoms with E-state index in [1.807, 2.05) is 44.2 Å². The van der Waals surface area contributed by atoms with Gasteiger partial charge in [0.05, 0.1) is 10.6 Å². The quantitative estimate of drug-likeness (QED) is 0.360. The summed E-state index contributed by atoms with van der Waals surface area (Å²) < 4.78 is 43.0. The third-order valence-electron chi connectivity index (χ3n) is 6.31. The monoisotopic (exact) mass is 539 g/mol. The molecule has 0 aliphatic carbocycles. The maximum absolute atomic E-state index is 14.9. The molecule has 2 amide bonds. The van der Waals surface area contributed by atoms with E-state index < -0.39 is 34.3 Å². The van der Waals surface area contributed by atoms with Gasteiger partial charge in [0.15, 0.2) is 0 Å². The van der Waals surface area contributed by atoms with Gasteiger partial charge < -0.3 is 10.2 Å². The molecule has 1 N–H and O–H groups in total. The maximum Gasteiger partial charge on any atom is 0.264 e. The minimum absolute atomic E-state index is 0.0767. The van der Waals surface area contributed by atoms with E-state index >= 15 is 0 Å². The van der Waals surface area contributed by atoms with Crippen molar-refractivity contribution in [2.24, 2.45) is 0 Å². The Morgan fingerprint density at radius 3 is 2.03 bits per heavy atom. The zero-order chi connectivity index (χ0) is 27.7. The summed E-state index contributed by atoms with van der Waals surface area (Å²) in [6, 6.07) is 21.2. The van der Waals surface area contributed by atoms with Crippen LogP contribution in [0.3, 0.4) is 0 Å². The van der Waals surface area contributed by atoms with E-state index in [9.17, 15) is 22.4 Å². The van der Waals surface area contributed by atoms with Crippen LogP contribution in [0.2, 0.25) is 0 Å². The molecule has 3 aromatic rings. The van der Waals surface area contributed by atoms with Gasteiger partial charge in [-0.3, -0.25) is 13.9 Å². The van der Waals surface area contributed by atoms with Crippen molar-refractivity contribution in [2.75, 3.05) is 10.8 Å². The number of rotatable bonds is 12. The summed E-state index contributed by atoms with van der Waals surface area (Å²) in [7, 11) is -4.31. The Hall–Kier alpha value is -3.72. The fourth-order valence-electron chi connectivity index (χ4n) is 4.03. The summed E-state index contributed by atoms with van der Waals surface area (Å²) in [4.78, 5) is 28.4. The SMILES string of the molecule is CC[C@@H](C)NC(=O)[C@H](CC)N(Cc1ccccc1)C(=O)CN(c1ccccc1F)S(=O)(=O)c1ccccc1. The Morgan fingerprint density at radius 1 is 0.868 bits per heavy atom. The molecule has 0 heterocycles. The number of para-hydroxylation sites is 1. The van der Waals surface area contributed by atoms with Crippen molar-refractivity contribution in [3.8, 4) is 0 Å². The minimum atomic E-state index is -4.31. The van der Waals surface area contributed by atoms with Crippen molar-refractivity contribution in [3.05, 3.63) is 96.3 Å². The first-order chi connectivity index (χ1) is 18.2. The molecular weight excluding hydrogens is 505 g/mol. The molecule has 3 aromatic carbocycles. The third kappa shape index (κ3) is 6.98. The number of amides is 2. The average molecular weight is 540 g/mol. The number of halogens is 1. The highest BCUT2D eigenvalue weighted by atomic mass is 32.2. The fourth-order valence-corrected chi connectivity index (χ4v) is 5.47. The van der Waals surface area contributed by atoms with Gasteiger partial charge in [-0.15, -0.1) is 0 Å². The summed E-state index contributed by atoms with van der Waals surface area (Å²) in [5, 5.41) is 2.93. The van der Waals surface area contributed by atoms with Crippen LogP contribution in [0.15, 0.2) is 89.8 Å². The maximum atomic E-state index is 14.9. The van der Waals surface area contributed by atoms with Gasteiger partial charge in [-0.05, 0) is 49.6 Å². The van der Waals surface area contributed by atoms with Crippen molar-refractivity contribution in [1.82, 2.24) is 10.2 Å². The smallest absolute Gasteiger partial charge is 0.264 e. The van der Waals surface area contributed by atoms with Crippen LogP contribution in [-0.2, 0) is 26.2 Å². The number of benzene rings is 3. The molecule has 0 unspecified atom stereocenters. The van der Waals surface area contributed by atoms with E-state index in [0.29, 0.717) is 12.8 Å². The zero-order valence-corrected chi connectivity index (χ0v) is 22.7. The van der Waals surface area contributed by atoms with Crippen molar-refractivity contribution in [1.29, 1.82) is 0 Å². The number of nitrogens with one attached hydrogen (secondary N) is 1. The Kier molecular flexibility index (Phi) is 10.0. The van der Waals surface area contributed by atoms with Crippen molar-refractivity contribution in [2.45, 2.75) is 57.1 Å². The second kappa shape index (κ2) is 13.2. The Labute approximate surface area is 224 Å². The number of carbonyl (C=O) groups is 2. The second-order valence-corrected chi connectivity index (χ2v) is 10.9. The lowest BCUT2D eigenvalue weighted by Crippen LogP contribution is -2.53. The number of hydrogen-bond acceptors (Lipinski definition) is 4. The summed E-state index contributed by atoms with van der Waals surface area (Å²) in [6.07, 6.45) is 1.02. The van der Waals surface area contributed by atoms with E-state index in [4.69, 9.17) is 0 Å². The fraction of sp³-hybridized carbons (Fsp3) is 0.310. The molecule has 9 heteroatoms. The van der Waals surface area contributed by atoms with Crippen molar-refractivity contribution in [3.63, 3.8) is 0 Å². The first kappa shape index (κ1) is 28.8. The van der Waals surface area contributed by atoms with E-state index in [0.717, 1.165) is 15.9 Å². The normalized spacial score (nSPS) is 12.8. The first-order valence-corrected chi connectivity index (χ1v) is 14.1. The number of carbonyl (C=O) groups excluding carboxylic acids is 2. The molecule has 0 aliphatic heterocycles. The van der Waals surface area contributed by atoms with Crippen molar-refractivity contribution >= 4 is 27.5 Å². The molecule has 0 aromatic heterocycles. The van der Waals surface area contributed by atoms with E-state index in [2.05, 4.69) is 5.32 Å². The molecule has 0 aliphatic rings. The Morgan fingerprint density at radius 2 is 1.45 bits per heavy atom. The molecule has 0 fully saturated rings. The summed E-state index contributed by atoms with van der Waals surface area (Å²) >= 11 is 0.